The number of rotatable bonds is 5. The molecule has 2 aromatic carbocycles. The largest absolute Gasteiger partial charge is 0.506 e. The van der Waals surface area contributed by atoms with Crippen LogP contribution in [-0.4, -0.2) is 22.7 Å². The number of carbonyl (C=O) groups is 1. The number of fused-ring (bicyclic) bond motifs is 1. The number of benzene rings is 2. The van der Waals surface area contributed by atoms with E-state index < -0.39 is 17.6 Å². The van der Waals surface area contributed by atoms with Gasteiger partial charge in [0, 0.05) is 18.0 Å². The minimum absolute atomic E-state index is 0.0283. The first-order valence-electron chi connectivity index (χ1n) is 8.31. The molecule has 1 atom stereocenters. The van der Waals surface area contributed by atoms with Crippen molar-refractivity contribution in [2.45, 2.75) is 19.4 Å². The second-order valence-corrected chi connectivity index (χ2v) is 6.61. The van der Waals surface area contributed by atoms with Gasteiger partial charge in [0.25, 0.3) is 0 Å². The maximum absolute atomic E-state index is 12.2. The fraction of sp³-hybridized carbons (Fsp3) is 0.200. The molecule has 6 nitrogen and oxygen atoms in total. The first kappa shape index (κ1) is 18.9. The van der Waals surface area contributed by atoms with E-state index in [-0.39, 0.29) is 34.9 Å². The number of phenolic OH excluding ortho intramolecular Hbond substituents is 1. The van der Waals surface area contributed by atoms with Gasteiger partial charge in [-0.3, -0.25) is 4.79 Å². The van der Waals surface area contributed by atoms with Crippen molar-refractivity contribution < 1.29 is 19.4 Å². The zero-order valence-electron chi connectivity index (χ0n) is 14.5. The Bertz CT molecular complexity index is 1050. The summed E-state index contributed by atoms with van der Waals surface area (Å²) in [5, 5.41) is 23.0. The molecule has 1 amide bonds. The molecule has 0 radical (unpaired) electrons. The van der Waals surface area contributed by atoms with Gasteiger partial charge in [0.1, 0.15) is 11.3 Å². The van der Waals surface area contributed by atoms with Crippen LogP contribution >= 0.6 is 11.6 Å². The third kappa shape index (κ3) is 4.13. The fourth-order valence-corrected chi connectivity index (χ4v) is 2.99. The van der Waals surface area contributed by atoms with Crippen molar-refractivity contribution in [2.75, 3.05) is 6.54 Å². The Morgan fingerprint density at radius 3 is 2.67 bits per heavy atom. The van der Waals surface area contributed by atoms with E-state index in [1.54, 1.807) is 31.2 Å². The molecule has 0 bridgehead atoms. The standard InChI is InChI=1S/C20H18ClNO5/c1-11-13-7-15(21)16(23)9-18(13)27-20(26)14(11)8-19(25)22-10-17(24)12-5-3-2-4-6-12/h2-7,9,17,23-24H,8,10H2,1H3,(H,22,25)/t17-/m1/s1. The lowest BCUT2D eigenvalue weighted by atomic mass is 10.0. The van der Waals surface area contributed by atoms with Gasteiger partial charge in [-0.2, -0.15) is 0 Å². The molecule has 3 rings (SSSR count). The summed E-state index contributed by atoms with van der Waals surface area (Å²) in [4.78, 5) is 24.5. The topological polar surface area (TPSA) is 99.8 Å². The molecule has 0 saturated carbocycles. The van der Waals surface area contributed by atoms with Crippen LogP contribution in [-0.2, 0) is 11.2 Å². The van der Waals surface area contributed by atoms with Gasteiger partial charge in [-0.05, 0) is 24.1 Å². The van der Waals surface area contributed by atoms with Gasteiger partial charge in [-0.25, -0.2) is 4.79 Å². The third-order valence-corrected chi connectivity index (χ3v) is 4.67. The summed E-state index contributed by atoms with van der Waals surface area (Å²) in [6.45, 7) is 1.72. The van der Waals surface area contributed by atoms with Gasteiger partial charge in [0.05, 0.1) is 23.1 Å². The number of amides is 1. The van der Waals surface area contributed by atoms with Crippen LogP contribution < -0.4 is 10.9 Å². The van der Waals surface area contributed by atoms with E-state index in [1.165, 1.54) is 12.1 Å². The SMILES string of the molecule is Cc1c(CC(=O)NC[C@@H](O)c2ccccc2)c(=O)oc2cc(O)c(Cl)cc12. The van der Waals surface area contributed by atoms with Crippen LogP contribution in [0.3, 0.4) is 0 Å². The molecule has 3 N–H and O–H groups in total. The van der Waals surface area contributed by atoms with Crippen molar-refractivity contribution in [3.05, 3.63) is 74.6 Å². The molecule has 0 unspecified atom stereocenters. The van der Waals surface area contributed by atoms with Crippen molar-refractivity contribution in [2.24, 2.45) is 0 Å². The molecule has 0 spiro atoms. The quantitative estimate of drug-likeness (QED) is 0.584. The molecule has 0 saturated heterocycles. The summed E-state index contributed by atoms with van der Waals surface area (Å²) in [6.07, 6.45) is -1.03. The average Bonchev–Trinajstić information content (AvgIpc) is 2.66. The normalized spacial score (nSPS) is 12.1. The van der Waals surface area contributed by atoms with Crippen molar-refractivity contribution in [3.63, 3.8) is 0 Å². The van der Waals surface area contributed by atoms with Gasteiger partial charge in [-0.15, -0.1) is 0 Å². The number of hydrogen-bond acceptors (Lipinski definition) is 5. The van der Waals surface area contributed by atoms with Crippen LogP contribution in [0.5, 0.6) is 5.75 Å². The Labute approximate surface area is 160 Å². The van der Waals surface area contributed by atoms with Gasteiger partial charge in [-0.1, -0.05) is 41.9 Å². The van der Waals surface area contributed by atoms with E-state index in [0.29, 0.717) is 16.5 Å². The van der Waals surface area contributed by atoms with Gasteiger partial charge >= 0.3 is 5.63 Å². The maximum Gasteiger partial charge on any atom is 0.340 e. The molecule has 1 aromatic heterocycles. The summed E-state index contributed by atoms with van der Waals surface area (Å²) >= 11 is 5.92. The number of hydrogen-bond donors (Lipinski definition) is 3. The van der Waals surface area contributed by atoms with Gasteiger partial charge in [0.15, 0.2) is 0 Å². The number of aryl methyl sites for hydroxylation is 1. The molecule has 140 valence electrons. The number of nitrogens with one attached hydrogen (secondary N) is 1. The molecular formula is C20H18ClNO5. The second kappa shape index (κ2) is 7.82. The fourth-order valence-electron chi connectivity index (χ4n) is 2.83. The van der Waals surface area contributed by atoms with Crippen LogP contribution in [0.25, 0.3) is 11.0 Å². The molecule has 27 heavy (non-hydrogen) atoms. The molecule has 0 aliphatic rings. The summed E-state index contributed by atoms with van der Waals surface area (Å²) in [5.41, 5.74) is 0.995. The monoisotopic (exact) mass is 387 g/mol. The Morgan fingerprint density at radius 1 is 1.26 bits per heavy atom. The number of carbonyl (C=O) groups excluding carboxylic acids is 1. The lowest BCUT2D eigenvalue weighted by Gasteiger charge is -2.13. The maximum atomic E-state index is 12.2. The van der Waals surface area contributed by atoms with Gasteiger partial charge < -0.3 is 19.9 Å². The highest BCUT2D eigenvalue weighted by molar-refractivity contribution is 6.32. The zero-order valence-corrected chi connectivity index (χ0v) is 15.3. The average molecular weight is 388 g/mol. The second-order valence-electron chi connectivity index (χ2n) is 6.20. The summed E-state index contributed by atoms with van der Waals surface area (Å²) in [5.74, 6) is -0.600. The first-order valence-corrected chi connectivity index (χ1v) is 8.69. The van der Waals surface area contributed by atoms with E-state index in [2.05, 4.69) is 5.32 Å². The Morgan fingerprint density at radius 2 is 1.96 bits per heavy atom. The molecule has 1 heterocycles. The molecule has 0 aliphatic carbocycles. The van der Waals surface area contributed by atoms with Crippen LogP contribution in [0.15, 0.2) is 51.7 Å². The van der Waals surface area contributed by atoms with Crippen molar-refractivity contribution >= 4 is 28.5 Å². The van der Waals surface area contributed by atoms with Crippen molar-refractivity contribution in [1.29, 1.82) is 0 Å². The van der Waals surface area contributed by atoms with Gasteiger partial charge in [0.2, 0.25) is 5.91 Å². The lowest BCUT2D eigenvalue weighted by molar-refractivity contribution is -0.120. The Balaban J connectivity index is 1.77. The van der Waals surface area contributed by atoms with Crippen LogP contribution in [0.1, 0.15) is 22.8 Å². The van der Waals surface area contributed by atoms with Crippen molar-refractivity contribution in [1.82, 2.24) is 5.32 Å². The summed E-state index contributed by atoms with van der Waals surface area (Å²) in [6, 6.07) is 11.7. The third-order valence-electron chi connectivity index (χ3n) is 4.37. The predicted molar refractivity (Wildman–Crippen MR) is 102 cm³/mol. The van der Waals surface area contributed by atoms with Crippen molar-refractivity contribution in [3.8, 4) is 5.75 Å². The minimum Gasteiger partial charge on any atom is -0.506 e. The minimum atomic E-state index is -0.842. The predicted octanol–water partition coefficient (Wildman–Crippen LogP) is 2.85. The highest BCUT2D eigenvalue weighted by Gasteiger charge is 2.17. The summed E-state index contributed by atoms with van der Waals surface area (Å²) < 4.78 is 5.20. The molecule has 0 fully saturated rings. The molecular weight excluding hydrogens is 370 g/mol. The highest BCUT2D eigenvalue weighted by Crippen LogP contribution is 2.30. The Hall–Kier alpha value is -2.83. The lowest BCUT2D eigenvalue weighted by Crippen LogP contribution is -2.31. The van der Waals surface area contributed by atoms with E-state index in [0.717, 1.165) is 0 Å². The highest BCUT2D eigenvalue weighted by atomic mass is 35.5. The smallest absolute Gasteiger partial charge is 0.340 e. The number of phenols is 1. The molecule has 7 heteroatoms. The number of aromatic hydroxyl groups is 1. The van der Waals surface area contributed by atoms with Crippen LogP contribution in [0.4, 0.5) is 0 Å². The summed E-state index contributed by atoms with van der Waals surface area (Å²) in [7, 11) is 0. The number of halogens is 1. The number of aliphatic hydroxyl groups excluding tert-OH is 1. The van der Waals surface area contributed by atoms with Crippen LogP contribution in [0, 0.1) is 6.92 Å². The van der Waals surface area contributed by atoms with Crippen LogP contribution in [0.2, 0.25) is 5.02 Å². The first-order chi connectivity index (χ1) is 12.9. The van der Waals surface area contributed by atoms with E-state index in [9.17, 15) is 19.8 Å². The van der Waals surface area contributed by atoms with E-state index in [1.807, 2.05) is 6.07 Å². The Kier molecular flexibility index (Phi) is 5.48. The van der Waals surface area contributed by atoms with E-state index in [4.69, 9.17) is 16.0 Å². The number of aliphatic hydroxyl groups is 1. The molecule has 3 aromatic rings. The van der Waals surface area contributed by atoms with E-state index >= 15 is 0 Å². The zero-order chi connectivity index (χ0) is 19.6. The molecule has 0 aliphatic heterocycles.